The molecule has 2 N–H and O–H groups in total. The van der Waals surface area contributed by atoms with Gasteiger partial charge in [-0.25, -0.2) is 0 Å². The molecule has 1 rings (SSSR count). The molecule has 0 spiro atoms. The number of hydrogen-bond acceptors (Lipinski definition) is 3. The maximum absolute atomic E-state index is 11.0. The number of amides is 1. The Morgan fingerprint density at radius 1 is 1.67 bits per heavy atom. The van der Waals surface area contributed by atoms with Crippen LogP contribution in [0.1, 0.15) is 17.3 Å². The van der Waals surface area contributed by atoms with Crippen molar-refractivity contribution in [3.8, 4) is 5.75 Å². The van der Waals surface area contributed by atoms with Crippen molar-refractivity contribution in [3.05, 3.63) is 34.2 Å². The number of carbonyl (C=O) groups excluding carboxylic acids is 1. The third-order valence-corrected chi connectivity index (χ3v) is 1.69. The molecule has 6 nitrogen and oxygen atoms in total. The highest BCUT2D eigenvalue weighted by Gasteiger charge is 2.09. The quantitative estimate of drug-likeness (QED) is 0.463. The number of azide groups is 1. The van der Waals surface area contributed by atoms with Crippen molar-refractivity contribution in [2.45, 2.75) is 6.92 Å². The van der Waals surface area contributed by atoms with E-state index in [2.05, 4.69) is 10.0 Å². The molecule has 6 heteroatoms. The summed E-state index contributed by atoms with van der Waals surface area (Å²) in [7, 11) is 0. The lowest BCUT2D eigenvalue weighted by atomic mass is 10.1. The summed E-state index contributed by atoms with van der Waals surface area (Å²) in [6, 6.07) is 4.45. The summed E-state index contributed by atoms with van der Waals surface area (Å²) in [5.41, 5.74) is 14.0. The van der Waals surface area contributed by atoms with Gasteiger partial charge in [-0.2, -0.15) is 0 Å². The standard InChI is InChI=1S/C9H10N4O2/c1-2-15-8-5-6(12-13-11)3-4-7(8)9(10)14/h3-5H,2H2,1H3,(H2,10,14). The number of benzene rings is 1. The largest absolute Gasteiger partial charge is 0.493 e. The summed E-state index contributed by atoms with van der Waals surface area (Å²) in [4.78, 5) is 13.6. The van der Waals surface area contributed by atoms with Crippen LogP contribution in [0.5, 0.6) is 5.75 Å². The molecule has 0 aliphatic carbocycles. The Hall–Kier alpha value is -2.20. The van der Waals surface area contributed by atoms with Crippen LogP contribution < -0.4 is 10.5 Å². The Bertz CT molecular complexity index is 424. The number of primary amides is 1. The summed E-state index contributed by atoms with van der Waals surface area (Å²) < 4.78 is 5.20. The van der Waals surface area contributed by atoms with Gasteiger partial charge in [0.15, 0.2) is 0 Å². The van der Waals surface area contributed by atoms with E-state index in [-0.39, 0.29) is 5.56 Å². The lowest BCUT2D eigenvalue weighted by Gasteiger charge is -2.07. The topological polar surface area (TPSA) is 101 Å². The van der Waals surface area contributed by atoms with Gasteiger partial charge < -0.3 is 10.5 Å². The minimum absolute atomic E-state index is 0.272. The highest BCUT2D eigenvalue weighted by Crippen LogP contribution is 2.25. The van der Waals surface area contributed by atoms with Crippen LogP contribution in [0.25, 0.3) is 10.4 Å². The van der Waals surface area contributed by atoms with Crippen LogP contribution in [0.15, 0.2) is 23.3 Å². The van der Waals surface area contributed by atoms with Crippen molar-refractivity contribution in [3.63, 3.8) is 0 Å². The minimum atomic E-state index is -0.578. The van der Waals surface area contributed by atoms with Gasteiger partial charge in [-0.3, -0.25) is 4.79 Å². The van der Waals surface area contributed by atoms with Gasteiger partial charge in [0, 0.05) is 10.6 Å². The molecule has 0 aliphatic rings. The van der Waals surface area contributed by atoms with Gasteiger partial charge in [-0.05, 0) is 24.6 Å². The Balaban J connectivity index is 3.19. The first kappa shape index (κ1) is 10.9. The van der Waals surface area contributed by atoms with Crippen molar-refractivity contribution in [1.29, 1.82) is 0 Å². The van der Waals surface area contributed by atoms with Crippen LogP contribution in [0, 0.1) is 0 Å². The summed E-state index contributed by atoms with van der Waals surface area (Å²) in [6.07, 6.45) is 0. The number of hydrogen-bond donors (Lipinski definition) is 1. The molecule has 1 aromatic carbocycles. The second-order valence-electron chi connectivity index (χ2n) is 2.67. The van der Waals surface area contributed by atoms with Gasteiger partial charge in [-0.1, -0.05) is 11.2 Å². The van der Waals surface area contributed by atoms with Gasteiger partial charge in [0.1, 0.15) is 5.75 Å². The van der Waals surface area contributed by atoms with Gasteiger partial charge >= 0.3 is 0 Å². The molecule has 78 valence electrons. The minimum Gasteiger partial charge on any atom is -0.493 e. The van der Waals surface area contributed by atoms with E-state index in [4.69, 9.17) is 16.0 Å². The third kappa shape index (κ3) is 2.62. The molecule has 0 aromatic heterocycles. The van der Waals surface area contributed by atoms with E-state index in [1.165, 1.54) is 18.2 Å². The second-order valence-corrected chi connectivity index (χ2v) is 2.67. The van der Waals surface area contributed by atoms with E-state index in [1.807, 2.05) is 0 Å². The molecule has 0 aliphatic heterocycles. The van der Waals surface area contributed by atoms with E-state index < -0.39 is 5.91 Å². The molecule has 0 saturated heterocycles. The zero-order valence-electron chi connectivity index (χ0n) is 8.17. The first-order valence-corrected chi connectivity index (χ1v) is 4.30. The van der Waals surface area contributed by atoms with Gasteiger partial charge in [0.05, 0.1) is 12.2 Å². The lowest BCUT2D eigenvalue weighted by molar-refractivity contribution is 0.0996. The molecule has 1 amide bonds. The predicted molar refractivity (Wildman–Crippen MR) is 54.9 cm³/mol. The average molecular weight is 206 g/mol. The molecule has 0 saturated carbocycles. The Morgan fingerprint density at radius 3 is 2.93 bits per heavy atom. The summed E-state index contributed by atoms with van der Waals surface area (Å²) in [5.74, 6) is -0.249. The maximum atomic E-state index is 11.0. The van der Waals surface area contributed by atoms with E-state index in [1.54, 1.807) is 6.92 Å². The van der Waals surface area contributed by atoms with Crippen molar-refractivity contribution >= 4 is 11.6 Å². The number of rotatable bonds is 4. The molecule has 0 radical (unpaired) electrons. The summed E-state index contributed by atoms with van der Waals surface area (Å²) in [5, 5.41) is 3.40. The van der Waals surface area contributed by atoms with E-state index in [9.17, 15) is 4.79 Å². The molecule has 0 heterocycles. The van der Waals surface area contributed by atoms with Gasteiger partial charge in [-0.15, -0.1) is 0 Å². The highest BCUT2D eigenvalue weighted by atomic mass is 16.5. The molecule has 1 aromatic rings. The zero-order valence-corrected chi connectivity index (χ0v) is 8.17. The SMILES string of the molecule is CCOc1cc(N=[N+]=[N-])ccc1C(N)=O. The Morgan fingerprint density at radius 2 is 2.40 bits per heavy atom. The monoisotopic (exact) mass is 206 g/mol. The normalized spacial score (nSPS) is 9.13. The molecule has 0 fully saturated rings. The first-order valence-electron chi connectivity index (χ1n) is 4.30. The van der Waals surface area contributed by atoms with Crippen LogP contribution >= 0.6 is 0 Å². The fourth-order valence-corrected chi connectivity index (χ4v) is 1.10. The Kier molecular flexibility index (Phi) is 3.54. The maximum Gasteiger partial charge on any atom is 0.252 e. The van der Waals surface area contributed by atoms with Gasteiger partial charge in [0.2, 0.25) is 0 Å². The Labute approximate surface area is 86.3 Å². The zero-order chi connectivity index (χ0) is 11.3. The van der Waals surface area contributed by atoms with Crippen molar-refractivity contribution in [1.82, 2.24) is 0 Å². The first-order chi connectivity index (χ1) is 7.19. The molecule has 0 atom stereocenters. The average Bonchev–Trinajstić information content (AvgIpc) is 2.18. The molecular formula is C9H10N4O2. The molecule has 0 unspecified atom stereocenters. The van der Waals surface area contributed by atoms with Crippen molar-refractivity contribution < 1.29 is 9.53 Å². The van der Waals surface area contributed by atoms with Crippen LogP contribution in [0.4, 0.5) is 5.69 Å². The van der Waals surface area contributed by atoms with Gasteiger partial charge in [0.25, 0.3) is 5.91 Å². The number of carbonyl (C=O) groups is 1. The fraction of sp³-hybridized carbons (Fsp3) is 0.222. The fourth-order valence-electron chi connectivity index (χ4n) is 1.10. The number of nitrogens with zero attached hydrogens (tertiary/aromatic N) is 3. The molecule has 0 bridgehead atoms. The van der Waals surface area contributed by atoms with Crippen molar-refractivity contribution in [2.24, 2.45) is 10.8 Å². The number of ether oxygens (including phenoxy) is 1. The summed E-state index contributed by atoms with van der Waals surface area (Å²) in [6.45, 7) is 2.19. The predicted octanol–water partition coefficient (Wildman–Crippen LogP) is 2.13. The lowest BCUT2D eigenvalue weighted by Crippen LogP contribution is -2.12. The smallest absolute Gasteiger partial charge is 0.252 e. The van der Waals surface area contributed by atoms with Crippen molar-refractivity contribution in [2.75, 3.05) is 6.61 Å². The third-order valence-electron chi connectivity index (χ3n) is 1.69. The molecule has 15 heavy (non-hydrogen) atoms. The van der Waals surface area contributed by atoms with Crippen LogP contribution in [0.3, 0.4) is 0 Å². The van der Waals surface area contributed by atoms with Crippen LogP contribution in [-0.2, 0) is 0 Å². The van der Waals surface area contributed by atoms with Crippen LogP contribution in [0.2, 0.25) is 0 Å². The second kappa shape index (κ2) is 4.88. The van der Waals surface area contributed by atoms with E-state index >= 15 is 0 Å². The highest BCUT2D eigenvalue weighted by molar-refractivity contribution is 5.96. The van der Waals surface area contributed by atoms with E-state index in [0.29, 0.717) is 18.0 Å². The van der Waals surface area contributed by atoms with E-state index in [0.717, 1.165) is 0 Å². The number of nitrogens with two attached hydrogens (primary N) is 1. The molecular weight excluding hydrogens is 196 g/mol. The summed E-state index contributed by atoms with van der Waals surface area (Å²) >= 11 is 0. The van der Waals surface area contributed by atoms with Crippen LogP contribution in [-0.4, -0.2) is 12.5 Å².